The van der Waals surface area contributed by atoms with Crippen molar-refractivity contribution in [1.29, 1.82) is 0 Å². The number of aromatic nitrogens is 2. The highest BCUT2D eigenvalue weighted by Gasteiger charge is 2.11. The number of nitrogens with zero attached hydrogens (tertiary/aromatic N) is 2. The second-order valence-electron chi connectivity index (χ2n) is 5.14. The molecule has 0 saturated carbocycles. The SMILES string of the molecule is Cc1ccc(Cn2cc(C=O)c3nccc(C)c32)cc1. The van der Waals surface area contributed by atoms with Crippen LogP contribution >= 0.6 is 0 Å². The minimum absolute atomic E-state index is 0.649. The van der Waals surface area contributed by atoms with Crippen LogP contribution in [0, 0.1) is 13.8 Å². The van der Waals surface area contributed by atoms with Crippen LogP contribution in [-0.4, -0.2) is 15.8 Å². The van der Waals surface area contributed by atoms with Crippen molar-refractivity contribution in [2.24, 2.45) is 0 Å². The second-order valence-corrected chi connectivity index (χ2v) is 5.14. The number of benzene rings is 1. The fraction of sp³-hybridized carbons (Fsp3) is 0.176. The van der Waals surface area contributed by atoms with Gasteiger partial charge in [0.2, 0.25) is 0 Å². The summed E-state index contributed by atoms with van der Waals surface area (Å²) < 4.78 is 2.10. The first kappa shape index (κ1) is 12.6. The lowest BCUT2D eigenvalue weighted by Gasteiger charge is -2.07. The summed E-state index contributed by atoms with van der Waals surface area (Å²) in [4.78, 5) is 15.5. The Bertz CT molecular complexity index is 770. The van der Waals surface area contributed by atoms with Crippen molar-refractivity contribution in [3.63, 3.8) is 0 Å². The van der Waals surface area contributed by atoms with E-state index in [1.54, 1.807) is 6.20 Å². The Morgan fingerprint density at radius 1 is 1.15 bits per heavy atom. The number of aryl methyl sites for hydroxylation is 2. The van der Waals surface area contributed by atoms with Crippen molar-refractivity contribution >= 4 is 17.3 Å². The van der Waals surface area contributed by atoms with Gasteiger partial charge in [-0.1, -0.05) is 29.8 Å². The largest absolute Gasteiger partial charge is 0.341 e. The predicted molar refractivity (Wildman–Crippen MR) is 80.1 cm³/mol. The molecule has 3 nitrogen and oxygen atoms in total. The lowest BCUT2D eigenvalue weighted by Crippen LogP contribution is -1.99. The standard InChI is InChI=1S/C17H16N2O/c1-12-3-5-14(6-4-12)9-19-10-15(11-20)16-17(19)13(2)7-8-18-16/h3-8,10-11H,9H2,1-2H3. The van der Waals surface area contributed by atoms with Crippen molar-refractivity contribution in [2.45, 2.75) is 20.4 Å². The number of fused-ring (bicyclic) bond motifs is 1. The molecule has 0 bridgehead atoms. The third-order valence-electron chi connectivity index (χ3n) is 3.58. The molecule has 2 aromatic heterocycles. The zero-order chi connectivity index (χ0) is 14.1. The maximum atomic E-state index is 11.2. The number of carbonyl (C=O) groups excluding carboxylic acids is 1. The molecule has 2 heterocycles. The Hall–Kier alpha value is -2.42. The summed E-state index contributed by atoms with van der Waals surface area (Å²) in [6.07, 6.45) is 4.51. The number of aldehydes is 1. The maximum absolute atomic E-state index is 11.2. The minimum Gasteiger partial charge on any atom is -0.341 e. The Labute approximate surface area is 117 Å². The van der Waals surface area contributed by atoms with E-state index in [1.165, 1.54) is 11.1 Å². The van der Waals surface area contributed by atoms with E-state index in [2.05, 4.69) is 40.7 Å². The molecule has 0 aliphatic heterocycles. The van der Waals surface area contributed by atoms with Gasteiger partial charge in [-0.3, -0.25) is 9.78 Å². The summed E-state index contributed by atoms with van der Waals surface area (Å²) in [6, 6.07) is 10.4. The summed E-state index contributed by atoms with van der Waals surface area (Å²) in [5.74, 6) is 0. The average molecular weight is 264 g/mol. The Morgan fingerprint density at radius 2 is 1.90 bits per heavy atom. The predicted octanol–water partition coefficient (Wildman–Crippen LogP) is 3.51. The van der Waals surface area contributed by atoms with Crippen molar-refractivity contribution in [1.82, 2.24) is 9.55 Å². The molecule has 0 saturated heterocycles. The summed E-state index contributed by atoms with van der Waals surface area (Å²) in [5, 5.41) is 0. The molecule has 3 aromatic rings. The third-order valence-corrected chi connectivity index (χ3v) is 3.58. The van der Waals surface area contributed by atoms with Crippen LogP contribution in [0.15, 0.2) is 42.7 Å². The monoisotopic (exact) mass is 264 g/mol. The number of pyridine rings is 1. The topological polar surface area (TPSA) is 34.9 Å². The zero-order valence-electron chi connectivity index (χ0n) is 11.6. The van der Waals surface area contributed by atoms with Crippen LogP contribution in [0.1, 0.15) is 27.0 Å². The van der Waals surface area contributed by atoms with Crippen LogP contribution in [0.4, 0.5) is 0 Å². The van der Waals surface area contributed by atoms with Crippen LogP contribution in [0.2, 0.25) is 0 Å². The first-order chi connectivity index (χ1) is 9.69. The Kier molecular flexibility index (Phi) is 3.11. The molecule has 0 spiro atoms. The van der Waals surface area contributed by atoms with Gasteiger partial charge in [0, 0.05) is 18.9 Å². The number of rotatable bonds is 3. The van der Waals surface area contributed by atoms with Gasteiger partial charge in [0.05, 0.1) is 16.6 Å². The second kappa shape index (κ2) is 4.93. The molecule has 0 amide bonds. The van der Waals surface area contributed by atoms with E-state index in [1.807, 2.05) is 19.2 Å². The van der Waals surface area contributed by atoms with Gasteiger partial charge in [-0.15, -0.1) is 0 Å². The van der Waals surface area contributed by atoms with Gasteiger partial charge in [-0.25, -0.2) is 0 Å². The van der Waals surface area contributed by atoms with Crippen LogP contribution < -0.4 is 0 Å². The van der Waals surface area contributed by atoms with Crippen LogP contribution in [0.5, 0.6) is 0 Å². The van der Waals surface area contributed by atoms with Crippen molar-refractivity contribution in [2.75, 3.05) is 0 Å². The molecule has 20 heavy (non-hydrogen) atoms. The van der Waals surface area contributed by atoms with E-state index in [0.29, 0.717) is 5.56 Å². The Morgan fingerprint density at radius 3 is 2.60 bits per heavy atom. The number of hydrogen-bond acceptors (Lipinski definition) is 2. The lowest BCUT2D eigenvalue weighted by molar-refractivity contribution is 0.112. The van der Waals surface area contributed by atoms with Crippen molar-refractivity contribution in [3.8, 4) is 0 Å². The Balaban J connectivity index is 2.11. The molecule has 0 atom stereocenters. The lowest BCUT2D eigenvalue weighted by atomic mass is 10.1. The molecule has 100 valence electrons. The van der Waals surface area contributed by atoms with Gasteiger partial charge in [0.1, 0.15) is 0 Å². The fourth-order valence-corrected chi connectivity index (χ4v) is 2.52. The van der Waals surface area contributed by atoms with Crippen LogP contribution in [0.3, 0.4) is 0 Å². The molecular formula is C17H16N2O. The van der Waals surface area contributed by atoms with E-state index in [-0.39, 0.29) is 0 Å². The highest BCUT2D eigenvalue weighted by molar-refractivity contribution is 5.96. The molecule has 0 aliphatic carbocycles. The maximum Gasteiger partial charge on any atom is 0.153 e. The van der Waals surface area contributed by atoms with E-state index in [9.17, 15) is 4.79 Å². The van der Waals surface area contributed by atoms with E-state index in [0.717, 1.165) is 29.4 Å². The smallest absolute Gasteiger partial charge is 0.153 e. The van der Waals surface area contributed by atoms with Gasteiger partial charge < -0.3 is 4.57 Å². The molecule has 0 fully saturated rings. The van der Waals surface area contributed by atoms with Crippen LogP contribution in [0.25, 0.3) is 11.0 Å². The minimum atomic E-state index is 0.649. The number of hydrogen-bond donors (Lipinski definition) is 0. The normalized spacial score (nSPS) is 10.9. The van der Waals surface area contributed by atoms with Crippen LogP contribution in [-0.2, 0) is 6.54 Å². The molecule has 0 aliphatic rings. The highest BCUT2D eigenvalue weighted by Crippen LogP contribution is 2.22. The zero-order valence-corrected chi connectivity index (χ0v) is 11.6. The van der Waals surface area contributed by atoms with E-state index in [4.69, 9.17) is 0 Å². The molecule has 1 aromatic carbocycles. The quantitative estimate of drug-likeness (QED) is 0.678. The first-order valence-electron chi connectivity index (χ1n) is 6.64. The molecule has 0 N–H and O–H groups in total. The summed E-state index contributed by atoms with van der Waals surface area (Å²) >= 11 is 0. The summed E-state index contributed by atoms with van der Waals surface area (Å²) in [6.45, 7) is 4.87. The molecule has 0 unspecified atom stereocenters. The number of carbonyl (C=O) groups is 1. The summed E-state index contributed by atoms with van der Waals surface area (Å²) in [5.41, 5.74) is 6.07. The van der Waals surface area contributed by atoms with Crippen molar-refractivity contribution in [3.05, 3.63) is 65.0 Å². The molecule has 0 radical (unpaired) electrons. The average Bonchev–Trinajstić information content (AvgIpc) is 2.81. The first-order valence-corrected chi connectivity index (χ1v) is 6.64. The van der Waals surface area contributed by atoms with E-state index >= 15 is 0 Å². The molecular weight excluding hydrogens is 248 g/mol. The van der Waals surface area contributed by atoms with Gasteiger partial charge in [-0.05, 0) is 31.0 Å². The van der Waals surface area contributed by atoms with E-state index < -0.39 is 0 Å². The molecule has 3 rings (SSSR count). The fourth-order valence-electron chi connectivity index (χ4n) is 2.52. The highest BCUT2D eigenvalue weighted by atomic mass is 16.1. The van der Waals surface area contributed by atoms with Gasteiger partial charge in [-0.2, -0.15) is 0 Å². The van der Waals surface area contributed by atoms with Gasteiger partial charge in [0.15, 0.2) is 6.29 Å². The summed E-state index contributed by atoms with van der Waals surface area (Å²) in [7, 11) is 0. The molecule has 3 heteroatoms. The van der Waals surface area contributed by atoms with Crippen molar-refractivity contribution < 1.29 is 4.79 Å². The third kappa shape index (κ3) is 2.11. The van der Waals surface area contributed by atoms with Gasteiger partial charge >= 0.3 is 0 Å². The van der Waals surface area contributed by atoms with Gasteiger partial charge in [0.25, 0.3) is 0 Å².